The van der Waals surface area contributed by atoms with Crippen LogP contribution in [0.2, 0.25) is 0 Å². The van der Waals surface area contributed by atoms with E-state index in [1.165, 1.54) is 29.7 Å². The van der Waals surface area contributed by atoms with Crippen LogP contribution in [0.25, 0.3) is 0 Å². The summed E-state index contributed by atoms with van der Waals surface area (Å²) < 4.78 is 0. The highest BCUT2D eigenvalue weighted by molar-refractivity contribution is 7.10. The van der Waals surface area contributed by atoms with Crippen LogP contribution < -0.4 is 10.6 Å². The van der Waals surface area contributed by atoms with Crippen LogP contribution in [0.5, 0.6) is 0 Å². The van der Waals surface area contributed by atoms with E-state index in [4.69, 9.17) is 0 Å². The number of nitrogens with one attached hydrogen (secondary N) is 2. The minimum atomic E-state index is 0.183. The van der Waals surface area contributed by atoms with Gasteiger partial charge in [0.05, 0.1) is 6.54 Å². The zero-order valence-corrected chi connectivity index (χ0v) is 12.5. The van der Waals surface area contributed by atoms with E-state index < -0.39 is 0 Å². The van der Waals surface area contributed by atoms with Crippen molar-refractivity contribution in [3.63, 3.8) is 0 Å². The Balaban J connectivity index is 1.66. The number of aryl methyl sites for hydroxylation is 1. The van der Waals surface area contributed by atoms with Gasteiger partial charge in [-0.15, -0.1) is 11.3 Å². The van der Waals surface area contributed by atoms with Crippen LogP contribution in [-0.4, -0.2) is 18.5 Å². The van der Waals surface area contributed by atoms with Gasteiger partial charge in [0.25, 0.3) is 0 Å². The lowest BCUT2D eigenvalue weighted by atomic mass is 10.0. The second-order valence-corrected chi connectivity index (χ2v) is 6.19. The van der Waals surface area contributed by atoms with Crippen molar-refractivity contribution in [1.29, 1.82) is 0 Å². The predicted octanol–water partition coefficient (Wildman–Crippen LogP) is 2.85. The van der Waals surface area contributed by atoms with Crippen LogP contribution >= 0.6 is 11.3 Å². The Hall–Kier alpha value is -0.870. The third-order valence-electron chi connectivity index (χ3n) is 3.80. The zero-order chi connectivity index (χ0) is 13.5. The number of piperidine rings is 1. The molecule has 1 unspecified atom stereocenters. The molecule has 0 aliphatic carbocycles. The van der Waals surface area contributed by atoms with Crippen LogP contribution in [0.15, 0.2) is 11.4 Å². The summed E-state index contributed by atoms with van der Waals surface area (Å²) in [7, 11) is 0. The van der Waals surface area contributed by atoms with E-state index >= 15 is 0 Å². The van der Waals surface area contributed by atoms with Gasteiger partial charge in [-0.1, -0.05) is 13.3 Å². The maximum atomic E-state index is 11.8. The van der Waals surface area contributed by atoms with E-state index in [-0.39, 0.29) is 5.91 Å². The summed E-state index contributed by atoms with van der Waals surface area (Å²) in [6.45, 7) is 3.96. The second kappa shape index (κ2) is 7.65. The fourth-order valence-corrected chi connectivity index (χ4v) is 3.50. The molecule has 0 aromatic carbocycles. The molecule has 1 aliphatic rings. The minimum Gasteiger partial charge on any atom is -0.351 e. The summed E-state index contributed by atoms with van der Waals surface area (Å²) in [5, 5.41) is 8.63. The SMILES string of the molecule is CCc1ccsc1CNC(=O)CCC1CCCCN1. The molecule has 2 heterocycles. The van der Waals surface area contributed by atoms with Gasteiger partial charge >= 0.3 is 0 Å². The molecular weight excluding hydrogens is 256 g/mol. The predicted molar refractivity (Wildman–Crippen MR) is 80.4 cm³/mol. The van der Waals surface area contributed by atoms with Crippen molar-refractivity contribution in [3.05, 3.63) is 21.9 Å². The molecule has 3 nitrogen and oxygen atoms in total. The molecule has 1 aromatic heterocycles. The summed E-state index contributed by atoms with van der Waals surface area (Å²) in [4.78, 5) is 13.1. The smallest absolute Gasteiger partial charge is 0.220 e. The van der Waals surface area contributed by atoms with E-state index in [1.54, 1.807) is 11.3 Å². The number of hydrogen-bond acceptors (Lipinski definition) is 3. The average molecular weight is 280 g/mol. The number of rotatable bonds is 6. The van der Waals surface area contributed by atoms with E-state index in [9.17, 15) is 4.79 Å². The fraction of sp³-hybridized carbons (Fsp3) is 0.667. The van der Waals surface area contributed by atoms with Gasteiger partial charge in [0.15, 0.2) is 0 Å². The lowest BCUT2D eigenvalue weighted by molar-refractivity contribution is -0.121. The molecule has 19 heavy (non-hydrogen) atoms. The van der Waals surface area contributed by atoms with Crippen molar-refractivity contribution in [2.24, 2.45) is 0 Å². The Kier molecular flexibility index (Phi) is 5.86. The Labute approximate surface area is 119 Å². The number of carbonyl (C=O) groups is 1. The molecule has 106 valence electrons. The first-order valence-corrected chi connectivity index (χ1v) is 8.23. The first kappa shape index (κ1) is 14.5. The summed E-state index contributed by atoms with van der Waals surface area (Å²) in [5.74, 6) is 0.183. The Morgan fingerprint density at radius 2 is 2.42 bits per heavy atom. The van der Waals surface area contributed by atoms with E-state index in [0.717, 1.165) is 19.4 Å². The quantitative estimate of drug-likeness (QED) is 0.841. The van der Waals surface area contributed by atoms with Gasteiger partial charge in [0.1, 0.15) is 0 Å². The molecule has 2 rings (SSSR count). The lowest BCUT2D eigenvalue weighted by Gasteiger charge is -2.23. The van der Waals surface area contributed by atoms with Crippen LogP contribution in [-0.2, 0) is 17.8 Å². The standard InChI is InChI=1S/C15H24N2OS/c1-2-12-8-10-19-14(12)11-17-15(18)7-6-13-5-3-4-9-16-13/h8,10,13,16H,2-7,9,11H2,1H3,(H,17,18). The Morgan fingerprint density at radius 3 is 3.16 bits per heavy atom. The van der Waals surface area contributed by atoms with Crippen LogP contribution in [0.3, 0.4) is 0 Å². The van der Waals surface area contributed by atoms with Crippen LogP contribution in [0, 0.1) is 0 Å². The second-order valence-electron chi connectivity index (χ2n) is 5.18. The lowest BCUT2D eigenvalue weighted by Crippen LogP contribution is -2.35. The van der Waals surface area contributed by atoms with Crippen molar-refractivity contribution >= 4 is 17.2 Å². The van der Waals surface area contributed by atoms with Gasteiger partial charge in [-0.3, -0.25) is 4.79 Å². The van der Waals surface area contributed by atoms with Crippen molar-refractivity contribution in [2.75, 3.05) is 6.54 Å². The Bertz CT molecular complexity index is 397. The molecule has 1 atom stereocenters. The number of amides is 1. The minimum absolute atomic E-state index is 0.183. The molecule has 1 aromatic rings. The number of hydrogen-bond donors (Lipinski definition) is 2. The molecule has 2 N–H and O–H groups in total. The van der Waals surface area contributed by atoms with Crippen molar-refractivity contribution in [2.45, 2.75) is 58.0 Å². The topological polar surface area (TPSA) is 41.1 Å². The molecule has 1 amide bonds. The molecule has 4 heteroatoms. The number of carbonyl (C=O) groups excluding carboxylic acids is 1. The third-order valence-corrected chi connectivity index (χ3v) is 4.76. The summed E-state index contributed by atoms with van der Waals surface area (Å²) in [5.41, 5.74) is 1.36. The molecule has 0 radical (unpaired) electrons. The molecule has 1 aliphatic heterocycles. The molecule has 0 saturated carbocycles. The highest BCUT2D eigenvalue weighted by atomic mass is 32.1. The third kappa shape index (κ3) is 4.62. The van der Waals surface area contributed by atoms with E-state index in [0.29, 0.717) is 19.0 Å². The zero-order valence-electron chi connectivity index (χ0n) is 11.7. The molecule has 0 spiro atoms. The maximum absolute atomic E-state index is 11.8. The Morgan fingerprint density at radius 1 is 1.53 bits per heavy atom. The summed E-state index contributed by atoms with van der Waals surface area (Å²) >= 11 is 1.74. The highest BCUT2D eigenvalue weighted by Crippen LogP contribution is 2.17. The normalized spacial score (nSPS) is 19.3. The first-order chi connectivity index (χ1) is 9.29. The number of thiophene rings is 1. The monoisotopic (exact) mass is 280 g/mol. The van der Waals surface area contributed by atoms with Crippen LogP contribution in [0.1, 0.15) is 49.5 Å². The van der Waals surface area contributed by atoms with Crippen molar-refractivity contribution in [3.8, 4) is 0 Å². The van der Waals surface area contributed by atoms with Crippen molar-refractivity contribution in [1.82, 2.24) is 10.6 Å². The van der Waals surface area contributed by atoms with Gasteiger partial charge in [-0.05, 0) is 49.2 Å². The average Bonchev–Trinajstić information content (AvgIpc) is 2.91. The van der Waals surface area contributed by atoms with Gasteiger partial charge in [0, 0.05) is 17.3 Å². The first-order valence-electron chi connectivity index (χ1n) is 7.35. The van der Waals surface area contributed by atoms with Gasteiger partial charge in [-0.25, -0.2) is 0 Å². The van der Waals surface area contributed by atoms with Gasteiger partial charge in [0.2, 0.25) is 5.91 Å². The van der Waals surface area contributed by atoms with Crippen LogP contribution in [0.4, 0.5) is 0 Å². The summed E-state index contributed by atoms with van der Waals surface area (Å²) in [6.07, 6.45) is 6.45. The highest BCUT2D eigenvalue weighted by Gasteiger charge is 2.14. The summed E-state index contributed by atoms with van der Waals surface area (Å²) in [6, 6.07) is 2.70. The molecule has 0 bridgehead atoms. The molecule has 1 saturated heterocycles. The van der Waals surface area contributed by atoms with E-state index in [1.807, 2.05) is 0 Å². The van der Waals surface area contributed by atoms with Gasteiger partial charge < -0.3 is 10.6 Å². The van der Waals surface area contributed by atoms with Crippen molar-refractivity contribution < 1.29 is 4.79 Å². The maximum Gasteiger partial charge on any atom is 0.220 e. The molecule has 1 fully saturated rings. The largest absolute Gasteiger partial charge is 0.351 e. The molecular formula is C15H24N2OS. The van der Waals surface area contributed by atoms with Gasteiger partial charge in [-0.2, -0.15) is 0 Å². The van der Waals surface area contributed by atoms with E-state index in [2.05, 4.69) is 29.0 Å². The fourth-order valence-electron chi connectivity index (χ4n) is 2.58.